The number of para-hydroxylation sites is 2. The minimum absolute atomic E-state index is 0. The average molecular weight is 2430 g/mol. The standard InChI is InChI=1S/C16H19N4.2C14H15N4.2C10H10N2.C9H9N3.C9H10N3.C5H5N.2Ir.3Pt/c1-17-6-8-19(13-17)11-15-4-3-5-16(10-15)12-20-9-7-18(2)14-20;2*1-15-6-8-17(11-15)13-4-3-5-14(10-13)18-9-7-16(2)12-18;2*1-11-7-8-12(9-11)10-5-3-2-4-6-10;1-8-5-7-12(11-8)9-4-2-3-6-10-9;1-11-6-7-12(8-11)9-4-2-3-5-10-9;1-2-4-6-5-3-1;;;;;/h3-9,13-14H,11-12H2,1-2H3;2*3-9,11-12H,1-2H3;2*2-5,7-9H,1H3;2-7H,1H3;2-8H,1H3;1-5H;;;;;/q3*-3;2*-2;;-1;;;;;+2;+4. The summed E-state index contributed by atoms with van der Waals surface area (Å²) in [5, 5.41) is 4.24. The third-order valence-electron chi connectivity index (χ3n) is 16.3. The molecular weight excluding hydrogens is 2340 g/mol. The first-order valence-corrected chi connectivity index (χ1v) is 35.5. The van der Waals surface area contributed by atoms with Gasteiger partial charge < -0.3 is 88.2 Å². The number of aromatic nitrogens is 5. The van der Waals surface area contributed by atoms with Crippen LogP contribution in [0.4, 0.5) is 39.9 Å². The summed E-state index contributed by atoms with van der Waals surface area (Å²) in [4.78, 5) is 48.8. The van der Waals surface area contributed by atoms with Crippen molar-refractivity contribution >= 4 is 39.9 Å². The number of hydrogen-bond acceptors (Lipinski definition) is 22. The van der Waals surface area contributed by atoms with E-state index in [1.807, 2.05) is 446 Å². The maximum Gasteiger partial charge on any atom is 4.00 e. The first kappa shape index (κ1) is 94.0. The molecule has 0 spiro atoms. The molecule has 0 fully saturated rings. The van der Waals surface area contributed by atoms with Gasteiger partial charge >= 0.3 is 42.1 Å². The summed E-state index contributed by atoms with van der Waals surface area (Å²) >= 11 is 0. The van der Waals surface area contributed by atoms with Gasteiger partial charge in [-0.2, -0.15) is 156 Å². The fraction of sp³-hybridized carbons (Fsp3) is 0.138. The first-order chi connectivity index (χ1) is 53.6. The predicted octanol–water partition coefficient (Wildman–Crippen LogP) is 14.2. The minimum Gasteiger partial charge on any atom is -0.511 e. The molecule has 9 aliphatic rings. The molecule has 9 aliphatic heterocycles. The van der Waals surface area contributed by atoms with Crippen molar-refractivity contribution in [2.75, 3.05) is 97.7 Å². The van der Waals surface area contributed by atoms with Crippen LogP contribution in [0.2, 0.25) is 0 Å². The monoisotopic (exact) mass is 2430 g/mol. The zero-order valence-electron chi connectivity index (χ0n) is 65.4. The van der Waals surface area contributed by atoms with Crippen molar-refractivity contribution in [3.63, 3.8) is 0 Å². The predicted molar refractivity (Wildman–Crippen MR) is 440 cm³/mol. The molecule has 28 heteroatoms. The molecule has 0 aliphatic carbocycles. The summed E-state index contributed by atoms with van der Waals surface area (Å²) in [7, 11) is 18.1. The van der Waals surface area contributed by atoms with Crippen molar-refractivity contribution in [3.8, 4) is 5.82 Å². The van der Waals surface area contributed by atoms with Gasteiger partial charge in [0.15, 0.2) is 5.82 Å². The van der Waals surface area contributed by atoms with Gasteiger partial charge in [-0.15, -0.1) is 88.3 Å². The molecule has 0 atom stereocenters. The Kier molecular flexibility index (Phi) is 40.2. The van der Waals surface area contributed by atoms with E-state index in [-0.39, 0.29) is 103 Å². The molecule has 9 aromatic rings. The summed E-state index contributed by atoms with van der Waals surface area (Å²) in [6, 6.07) is 70.3. The second-order valence-electron chi connectivity index (χ2n) is 25.7. The minimum atomic E-state index is 0. The van der Waals surface area contributed by atoms with Gasteiger partial charge in [-0.05, 0) is 238 Å². The van der Waals surface area contributed by atoms with E-state index < -0.39 is 0 Å². The largest absolute Gasteiger partial charge is 4.00 e. The van der Waals surface area contributed by atoms with Gasteiger partial charge in [0.1, 0.15) is 5.82 Å². The normalized spacial score (nSPS) is 15.2. The Morgan fingerprint density at radius 2 is 0.617 bits per heavy atom. The molecule has 0 bridgehead atoms. The molecule has 115 heavy (non-hydrogen) atoms. The van der Waals surface area contributed by atoms with Crippen LogP contribution in [0.3, 0.4) is 0 Å². The Hall–Kier alpha value is -9.82. The molecule has 18 rings (SSSR count). The van der Waals surface area contributed by atoms with Crippen LogP contribution in [0.25, 0.3) is 5.82 Å². The smallest absolute Gasteiger partial charge is 0.511 e. The molecule has 0 amide bonds. The van der Waals surface area contributed by atoms with Crippen molar-refractivity contribution in [2.45, 2.75) is 20.0 Å². The van der Waals surface area contributed by atoms with Crippen LogP contribution in [0.1, 0.15) is 16.8 Å². The molecule has 0 unspecified atom stereocenters. The Bertz CT molecular complexity index is 4140. The van der Waals surface area contributed by atoms with Gasteiger partial charge in [0.25, 0.3) is 0 Å². The quantitative estimate of drug-likeness (QED) is 0.108. The van der Waals surface area contributed by atoms with Gasteiger partial charge in [0.05, 0.1) is 5.69 Å². The Morgan fingerprint density at radius 3 is 0.896 bits per heavy atom. The van der Waals surface area contributed by atoms with Gasteiger partial charge in [-0.25, -0.2) is 14.6 Å². The average Bonchev–Trinajstić information content (AvgIpc) is 1.74. The Balaban J connectivity index is 0.000000206. The van der Waals surface area contributed by atoms with Gasteiger partial charge in [0.2, 0.25) is 0 Å². The molecule has 0 saturated heterocycles. The third-order valence-corrected chi connectivity index (χ3v) is 16.3. The Morgan fingerprint density at radius 1 is 0.304 bits per heavy atom. The molecular formula is C87H93Ir2N23Pt3-8. The zero-order valence-corrected chi connectivity index (χ0v) is 77.0. The number of aryl methyl sites for hydroxylation is 1. The van der Waals surface area contributed by atoms with Crippen molar-refractivity contribution in [1.82, 2.24) is 78.6 Å². The van der Waals surface area contributed by atoms with Crippen molar-refractivity contribution in [1.29, 1.82) is 0 Å². The molecule has 0 N–H and O–H groups in total. The van der Waals surface area contributed by atoms with E-state index in [1.54, 1.807) is 29.5 Å². The fourth-order valence-electron chi connectivity index (χ4n) is 10.9. The second kappa shape index (κ2) is 49.2. The molecule has 23 nitrogen and oxygen atoms in total. The van der Waals surface area contributed by atoms with E-state index in [9.17, 15) is 0 Å². The number of hydrogen-bond donors (Lipinski definition) is 0. The SMILES string of the molecule is CN1C=CN(Cc2[c-]c(CN3C=CN(C)[CH-]3)ccc2)[CH-]1.CN1C=CN(c2[c-]c(N3C=CN(C)[CH-]3)ccc2)[CH-]1.CN1C=CN(c2[c-]c(N3C=CN(C)[CH-]3)ccc2)[CH-]1.CN1C=CN(c2[c-]cccc2)[CH-]1.CN1C=CN(c2[c-]cccc2)[CH-]1.CN1C=CN(c2ccccn2)[CH-]1.Cc1ccn(-c2ccccn2)n1.[Ir].[Ir].[Pt+2].[Pt+4].[Pt].c1ccncc1. The van der Waals surface area contributed by atoms with Crippen LogP contribution in [0.15, 0.2) is 306 Å². The van der Waals surface area contributed by atoms with Crippen LogP contribution in [-0.2, 0) is 116 Å². The summed E-state index contributed by atoms with van der Waals surface area (Å²) in [6.45, 7) is 21.9. The van der Waals surface area contributed by atoms with E-state index in [4.69, 9.17) is 0 Å². The van der Waals surface area contributed by atoms with Crippen molar-refractivity contribution in [2.24, 2.45) is 0 Å². The first-order valence-electron chi connectivity index (χ1n) is 35.5. The van der Waals surface area contributed by atoms with Crippen LogP contribution in [0.5, 0.6) is 0 Å². The maximum atomic E-state index is 4.24. The Labute approximate surface area is 752 Å². The van der Waals surface area contributed by atoms with E-state index in [0.717, 1.165) is 64.5 Å². The number of rotatable bonds is 12. The van der Waals surface area contributed by atoms with Crippen LogP contribution in [0, 0.1) is 97.3 Å². The van der Waals surface area contributed by atoms with Crippen molar-refractivity contribution in [3.05, 3.63) is 414 Å². The van der Waals surface area contributed by atoms with Gasteiger partial charge in [-0.3, -0.25) is 4.98 Å². The molecule has 5 aromatic carbocycles. The topological polar surface area (TPSA) is 115 Å². The second-order valence-corrected chi connectivity index (χ2v) is 25.7. The summed E-state index contributed by atoms with van der Waals surface area (Å²) in [5.74, 6) is 1.80. The molecule has 13 heterocycles. The van der Waals surface area contributed by atoms with Gasteiger partial charge in [-0.1, -0.05) is 18.2 Å². The third kappa shape index (κ3) is 30.7. The summed E-state index contributed by atoms with van der Waals surface area (Å²) in [6.07, 6.45) is 45.3. The van der Waals surface area contributed by atoms with Crippen LogP contribution < -0.4 is 34.3 Å². The number of nitrogens with zero attached hydrogens (tertiary/aromatic N) is 23. The van der Waals surface area contributed by atoms with Crippen LogP contribution in [-0.4, -0.2) is 142 Å². The molecule has 0 saturated carbocycles. The van der Waals surface area contributed by atoms with Crippen LogP contribution >= 0.6 is 0 Å². The van der Waals surface area contributed by atoms with E-state index in [0.29, 0.717) is 0 Å². The molecule has 2 radical (unpaired) electrons. The van der Waals surface area contributed by atoms with Gasteiger partial charge in [0, 0.05) is 92.3 Å². The van der Waals surface area contributed by atoms with E-state index in [1.165, 1.54) is 11.1 Å². The number of anilines is 7. The van der Waals surface area contributed by atoms with E-state index in [2.05, 4.69) is 104 Å². The summed E-state index contributed by atoms with van der Waals surface area (Å²) < 4.78 is 1.76. The molecule has 4 aromatic heterocycles. The molecule has 612 valence electrons. The van der Waals surface area contributed by atoms with E-state index >= 15 is 0 Å². The zero-order chi connectivity index (χ0) is 76.8. The number of benzene rings is 5. The fourth-order valence-corrected chi connectivity index (χ4v) is 10.9. The maximum absolute atomic E-state index is 4.24. The summed E-state index contributed by atoms with van der Waals surface area (Å²) in [5.41, 5.74) is 9.67. The number of pyridine rings is 3. The van der Waals surface area contributed by atoms with Crippen molar-refractivity contribution < 1.29 is 103 Å².